The molecule has 0 bridgehead atoms. The molecule has 3 rings (SSSR count). The Morgan fingerprint density at radius 1 is 1.26 bits per heavy atom. The molecule has 2 heterocycles. The fourth-order valence-electron chi connectivity index (χ4n) is 2.21. The van der Waals surface area contributed by atoms with E-state index in [1.54, 1.807) is 29.6 Å². The summed E-state index contributed by atoms with van der Waals surface area (Å²) in [5.41, 5.74) is 1.14. The first-order chi connectivity index (χ1) is 13.1. The number of aromatic nitrogens is 1. The molecule has 0 aliphatic rings. The van der Waals surface area contributed by atoms with Crippen molar-refractivity contribution in [2.45, 2.75) is 19.8 Å². The maximum Gasteiger partial charge on any atom is 0.280 e. The van der Waals surface area contributed by atoms with Crippen molar-refractivity contribution < 1.29 is 14.5 Å². The lowest BCUT2D eigenvalue weighted by Gasteiger charge is -2.06. The van der Waals surface area contributed by atoms with Crippen molar-refractivity contribution in [1.29, 1.82) is 0 Å². The second-order valence-electron chi connectivity index (χ2n) is 5.64. The molecule has 0 fully saturated rings. The Bertz CT molecular complexity index is 934. The molecule has 0 aliphatic carbocycles. The minimum Gasteiger partial charge on any atom is -0.494 e. The maximum atomic E-state index is 12.4. The van der Waals surface area contributed by atoms with E-state index < -0.39 is 4.92 Å². The number of unbranched alkanes of at least 4 members (excludes halogenated alkanes) is 1. The first kappa shape index (κ1) is 19.0. The molecule has 0 aliphatic heterocycles. The Labute approximate surface area is 163 Å². The summed E-state index contributed by atoms with van der Waals surface area (Å²) in [6, 6.07) is 8.41. The van der Waals surface area contributed by atoms with Gasteiger partial charge in [-0.1, -0.05) is 13.3 Å². The smallest absolute Gasteiger partial charge is 0.280 e. The van der Waals surface area contributed by atoms with Crippen molar-refractivity contribution in [2.75, 3.05) is 11.9 Å². The second-order valence-corrected chi connectivity index (χ2v) is 7.41. The van der Waals surface area contributed by atoms with Gasteiger partial charge in [0.2, 0.25) is 0 Å². The molecule has 9 heteroatoms. The predicted octanol–water partition coefficient (Wildman–Crippen LogP) is 5.21. The van der Waals surface area contributed by atoms with Gasteiger partial charge >= 0.3 is 0 Å². The highest BCUT2D eigenvalue weighted by molar-refractivity contribution is 7.16. The third-order valence-corrected chi connectivity index (χ3v) is 5.35. The first-order valence-electron chi connectivity index (χ1n) is 8.30. The third kappa shape index (κ3) is 4.89. The van der Waals surface area contributed by atoms with E-state index in [-0.39, 0.29) is 11.6 Å². The summed E-state index contributed by atoms with van der Waals surface area (Å²) in [6.45, 7) is 2.76. The summed E-state index contributed by atoms with van der Waals surface area (Å²) in [6.07, 6.45) is 2.05. The van der Waals surface area contributed by atoms with Crippen LogP contribution in [0.4, 0.5) is 10.8 Å². The fourth-order valence-corrected chi connectivity index (χ4v) is 3.80. The molecule has 7 nitrogen and oxygen atoms in total. The SMILES string of the molecule is CCCCOc1ccc(C(=O)Nc2nc(-c3cc([N+](=O)[O-])cs3)cs2)cc1. The van der Waals surface area contributed by atoms with E-state index in [2.05, 4.69) is 17.2 Å². The predicted molar refractivity (Wildman–Crippen MR) is 107 cm³/mol. The molecule has 27 heavy (non-hydrogen) atoms. The molecule has 2 aromatic heterocycles. The average molecular weight is 403 g/mol. The topological polar surface area (TPSA) is 94.4 Å². The van der Waals surface area contributed by atoms with Gasteiger partial charge in [-0.05, 0) is 30.7 Å². The summed E-state index contributed by atoms with van der Waals surface area (Å²) in [5, 5.41) is 17.2. The van der Waals surface area contributed by atoms with Gasteiger partial charge in [0.15, 0.2) is 5.13 Å². The van der Waals surface area contributed by atoms with Crippen LogP contribution in [0, 0.1) is 10.1 Å². The summed E-state index contributed by atoms with van der Waals surface area (Å²) < 4.78 is 5.58. The lowest BCUT2D eigenvalue weighted by atomic mass is 10.2. The van der Waals surface area contributed by atoms with Crippen LogP contribution >= 0.6 is 22.7 Å². The van der Waals surface area contributed by atoms with Gasteiger partial charge in [0.25, 0.3) is 11.6 Å². The van der Waals surface area contributed by atoms with Crippen LogP contribution in [0.25, 0.3) is 10.6 Å². The van der Waals surface area contributed by atoms with E-state index in [4.69, 9.17) is 4.74 Å². The molecule has 0 saturated heterocycles. The minimum atomic E-state index is -0.440. The number of hydrogen-bond donors (Lipinski definition) is 1. The van der Waals surface area contributed by atoms with Gasteiger partial charge in [-0.15, -0.1) is 22.7 Å². The molecule has 1 N–H and O–H groups in total. The quantitative estimate of drug-likeness (QED) is 0.316. The molecule has 3 aromatic rings. The van der Waals surface area contributed by atoms with Crippen LogP contribution in [0.5, 0.6) is 5.75 Å². The van der Waals surface area contributed by atoms with Gasteiger partial charge in [0, 0.05) is 17.0 Å². The van der Waals surface area contributed by atoms with Crippen molar-refractivity contribution in [1.82, 2.24) is 4.98 Å². The highest BCUT2D eigenvalue weighted by Gasteiger charge is 2.14. The fraction of sp³-hybridized carbons (Fsp3) is 0.222. The van der Waals surface area contributed by atoms with Gasteiger partial charge in [-0.3, -0.25) is 20.2 Å². The summed E-state index contributed by atoms with van der Waals surface area (Å²) in [4.78, 5) is 27.7. The highest BCUT2D eigenvalue weighted by atomic mass is 32.1. The average Bonchev–Trinajstić information content (AvgIpc) is 3.32. The maximum absolute atomic E-state index is 12.4. The Balaban J connectivity index is 1.62. The zero-order valence-electron chi connectivity index (χ0n) is 14.5. The summed E-state index contributed by atoms with van der Waals surface area (Å²) in [7, 11) is 0. The summed E-state index contributed by atoms with van der Waals surface area (Å²) in [5.74, 6) is 0.462. The number of thiazole rings is 1. The van der Waals surface area contributed by atoms with Crippen molar-refractivity contribution in [2.24, 2.45) is 0 Å². The van der Waals surface area contributed by atoms with Crippen LogP contribution in [0.2, 0.25) is 0 Å². The Kier molecular flexibility index (Phi) is 6.15. The lowest BCUT2D eigenvalue weighted by Crippen LogP contribution is -2.11. The number of ether oxygens (including phenoxy) is 1. The van der Waals surface area contributed by atoms with E-state index in [1.807, 2.05) is 0 Å². The number of nitrogens with one attached hydrogen (secondary N) is 1. The molecular formula is C18H17N3O4S2. The number of anilines is 1. The normalized spacial score (nSPS) is 10.6. The Morgan fingerprint density at radius 3 is 2.70 bits per heavy atom. The number of benzene rings is 1. The van der Waals surface area contributed by atoms with Crippen LogP contribution in [0.3, 0.4) is 0 Å². The Hall–Kier alpha value is -2.78. The van der Waals surface area contributed by atoms with E-state index in [1.165, 1.54) is 34.1 Å². The van der Waals surface area contributed by atoms with Crippen molar-refractivity contribution >= 4 is 39.4 Å². The lowest BCUT2D eigenvalue weighted by molar-refractivity contribution is -0.384. The molecule has 140 valence electrons. The molecule has 0 atom stereocenters. The number of amides is 1. The van der Waals surface area contributed by atoms with Crippen LogP contribution in [-0.2, 0) is 0 Å². The Morgan fingerprint density at radius 2 is 2.04 bits per heavy atom. The number of hydrogen-bond acceptors (Lipinski definition) is 7. The van der Waals surface area contributed by atoms with Crippen LogP contribution < -0.4 is 10.1 Å². The number of carbonyl (C=O) groups excluding carboxylic acids is 1. The van der Waals surface area contributed by atoms with Crippen molar-refractivity contribution in [3.63, 3.8) is 0 Å². The standard InChI is InChI=1S/C18H17N3O4S2/c1-2-3-8-25-14-6-4-12(5-7-14)17(22)20-18-19-15(11-27-18)16-9-13(10-26-16)21(23)24/h4-7,9-11H,2-3,8H2,1H3,(H,19,20,22). The van der Waals surface area contributed by atoms with Crippen LogP contribution in [0.1, 0.15) is 30.1 Å². The molecule has 0 radical (unpaired) electrons. The van der Waals surface area contributed by atoms with Gasteiger partial charge in [-0.25, -0.2) is 4.98 Å². The van der Waals surface area contributed by atoms with Gasteiger partial charge in [0.1, 0.15) is 5.75 Å². The minimum absolute atomic E-state index is 0.0369. The number of thiophene rings is 1. The zero-order valence-corrected chi connectivity index (χ0v) is 16.1. The second kappa shape index (κ2) is 8.74. The molecule has 1 aromatic carbocycles. The molecule has 1 amide bonds. The number of rotatable bonds is 8. The molecule has 0 unspecified atom stereocenters. The monoisotopic (exact) mass is 403 g/mol. The first-order valence-corrected chi connectivity index (χ1v) is 10.1. The van der Waals surface area contributed by atoms with E-state index in [0.29, 0.717) is 27.9 Å². The van der Waals surface area contributed by atoms with Crippen molar-refractivity contribution in [3.05, 3.63) is 56.8 Å². The van der Waals surface area contributed by atoms with Crippen LogP contribution in [0.15, 0.2) is 41.1 Å². The third-order valence-electron chi connectivity index (χ3n) is 3.66. The van der Waals surface area contributed by atoms with E-state index in [9.17, 15) is 14.9 Å². The van der Waals surface area contributed by atoms with Gasteiger partial charge in [-0.2, -0.15) is 0 Å². The van der Waals surface area contributed by atoms with Gasteiger partial charge < -0.3 is 4.74 Å². The van der Waals surface area contributed by atoms with E-state index >= 15 is 0 Å². The molecular weight excluding hydrogens is 386 g/mol. The zero-order chi connectivity index (χ0) is 19.2. The largest absolute Gasteiger partial charge is 0.494 e. The number of carbonyl (C=O) groups is 1. The van der Waals surface area contributed by atoms with Crippen molar-refractivity contribution in [3.8, 4) is 16.3 Å². The summed E-state index contributed by atoms with van der Waals surface area (Å²) >= 11 is 2.52. The molecule has 0 saturated carbocycles. The van der Waals surface area contributed by atoms with Crippen LogP contribution in [-0.4, -0.2) is 22.4 Å². The highest BCUT2D eigenvalue weighted by Crippen LogP contribution is 2.33. The van der Waals surface area contributed by atoms with Gasteiger partial charge in [0.05, 0.1) is 27.5 Å². The van der Waals surface area contributed by atoms with E-state index in [0.717, 1.165) is 18.6 Å². The number of nitro groups is 1. The number of nitrogens with zero attached hydrogens (tertiary/aromatic N) is 2. The molecule has 0 spiro atoms.